The molecule has 5 heteroatoms. The molecule has 1 N–H and O–H groups in total. The van der Waals surface area contributed by atoms with Crippen LogP contribution in [0.15, 0.2) is 41.2 Å². The van der Waals surface area contributed by atoms with Gasteiger partial charge in [-0.15, -0.1) is 0 Å². The maximum atomic E-state index is 12.6. The van der Waals surface area contributed by atoms with Crippen LogP contribution in [0.25, 0.3) is 11.0 Å². The second kappa shape index (κ2) is 5.00. The normalized spacial score (nSPS) is 18.5. The monoisotopic (exact) mass is 272 g/mol. The van der Waals surface area contributed by atoms with E-state index in [1.54, 1.807) is 10.6 Å². The lowest BCUT2D eigenvalue weighted by atomic mass is 10.0. The number of hydrogen-bond donors (Lipinski definition) is 1. The number of para-hydroxylation sites is 2. The van der Waals surface area contributed by atoms with Crippen molar-refractivity contribution in [3.8, 4) is 0 Å². The van der Waals surface area contributed by atoms with E-state index >= 15 is 0 Å². The predicted molar refractivity (Wildman–Crippen MR) is 75.9 cm³/mol. The molecule has 3 rings (SSSR count). The van der Waals surface area contributed by atoms with Crippen molar-refractivity contribution >= 4 is 17.0 Å². The van der Waals surface area contributed by atoms with E-state index in [-0.39, 0.29) is 18.3 Å². The number of rotatable bonds is 3. The number of hydrogen-bond acceptors (Lipinski definition) is 2. The standard InChI is InChI=1S/C15H16N2O3/c18-14(19)10-16-12-8-4-5-9-13(12)17(15(16)20)11-6-2-1-3-7-11/h1-2,4-5,8-9,11H,3,6-7,10H2,(H,18,19). The largest absolute Gasteiger partial charge is 0.480 e. The van der Waals surface area contributed by atoms with Crippen LogP contribution in [0.2, 0.25) is 0 Å². The molecule has 0 saturated heterocycles. The minimum Gasteiger partial charge on any atom is -0.480 e. The summed E-state index contributed by atoms with van der Waals surface area (Å²) in [5, 5.41) is 8.99. The molecule has 0 saturated carbocycles. The molecule has 0 fully saturated rings. The Morgan fingerprint density at radius 1 is 1.25 bits per heavy atom. The van der Waals surface area contributed by atoms with Crippen molar-refractivity contribution in [3.63, 3.8) is 0 Å². The van der Waals surface area contributed by atoms with Crippen LogP contribution >= 0.6 is 0 Å². The highest BCUT2D eigenvalue weighted by molar-refractivity contribution is 5.78. The summed E-state index contributed by atoms with van der Waals surface area (Å²) >= 11 is 0. The minimum atomic E-state index is -1.00. The lowest BCUT2D eigenvalue weighted by Gasteiger charge is -2.19. The molecule has 5 nitrogen and oxygen atoms in total. The number of fused-ring (bicyclic) bond motifs is 1. The minimum absolute atomic E-state index is 0.118. The van der Waals surface area contributed by atoms with Crippen molar-refractivity contribution in [2.45, 2.75) is 31.8 Å². The van der Waals surface area contributed by atoms with Gasteiger partial charge in [0.1, 0.15) is 6.54 Å². The number of carboxylic acids is 1. The zero-order valence-corrected chi connectivity index (χ0v) is 11.0. The van der Waals surface area contributed by atoms with Crippen LogP contribution in [0.1, 0.15) is 25.3 Å². The van der Waals surface area contributed by atoms with Crippen molar-refractivity contribution in [1.29, 1.82) is 0 Å². The highest BCUT2D eigenvalue weighted by Crippen LogP contribution is 2.26. The average Bonchev–Trinajstić information content (AvgIpc) is 2.72. The van der Waals surface area contributed by atoms with E-state index in [1.807, 2.05) is 18.2 Å². The summed E-state index contributed by atoms with van der Waals surface area (Å²) in [4.78, 5) is 23.5. The Morgan fingerprint density at radius 3 is 2.65 bits per heavy atom. The van der Waals surface area contributed by atoms with Crippen LogP contribution in [0, 0.1) is 0 Å². The first-order valence-electron chi connectivity index (χ1n) is 6.75. The van der Waals surface area contributed by atoms with Gasteiger partial charge in [0.2, 0.25) is 0 Å². The SMILES string of the molecule is O=C(O)Cn1c(=O)n(C2CC=CCC2)c2ccccc21. The zero-order chi connectivity index (χ0) is 14.1. The summed E-state index contributed by atoms with van der Waals surface area (Å²) in [6, 6.07) is 7.50. The van der Waals surface area contributed by atoms with Crippen molar-refractivity contribution in [2.24, 2.45) is 0 Å². The van der Waals surface area contributed by atoms with Gasteiger partial charge in [0.25, 0.3) is 0 Å². The maximum absolute atomic E-state index is 12.6. The Kier molecular flexibility index (Phi) is 3.18. The third kappa shape index (κ3) is 2.05. The second-order valence-corrected chi connectivity index (χ2v) is 5.06. The zero-order valence-electron chi connectivity index (χ0n) is 11.0. The van der Waals surface area contributed by atoms with Crippen molar-refractivity contribution in [1.82, 2.24) is 9.13 Å². The predicted octanol–water partition coefficient (Wildman–Crippen LogP) is 2.17. The summed E-state index contributed by atoms with van der Waals surface area (Å²) in [5.41, 5.74) is 1.28. The number of nitrogens with zero attached hydrogens (tertiary/aromatic N) is 2. The Balaban J connectivity index is 2.21. The smallest absolute Gasteiger partial charge is 0.329 e. The molecule has 2 aromatic rings. The van der Waals surface area contributed by atoms with Gasteiger partial charge in [-0.25, -0.2) is 4.79 Å². The van der Waals surface area contributed by atoms with Crippen LogP contribution < -0.4 is 5.69 Å². The Morgan fingerprint density at radius 2 is 2.00 bits per heavy atom. The molecule has 0 aliphatic heterocycles. The van der Waals surface area contributed by atoms with Crippen molar-refractivity contribution < 1.29 is 9.90 Å². The number of benzene rings is 1. The van der Waals surface area contributed by atoms with Gasteiger partial charge in [0.15, 0.2) is 0 Å². The lowest BCUT2D eigenvalue weighted by molar-refractivity contribution is -0.137. The van der Waals surface area contributed by atoms with Crippen LogP contribution in [0.4, 0.5) is 0 Å². The van der Waals surface area contributed by atoms with E-state index < -0.39 is 5.97 Å². The van der Waals surface area contributed by atoms with Gasteiger partial charge in [-0.2, -0.15) is 0 Å². The first-order valence-corrected chi connectivity index (χ1v) is 6.75. The summed E-state index contributed by atoms with van der Waals surface area (Å²) in [6.07, 6.45) is 6.90. The van der Waals surface area contributed by atoms with Crippen LogP contribution in [0.5, 0.6) is 0 Å². The Bertz CT molecular complexity index is 739. The Labute approximate surface area is 115 Å². The topological polar surface area (TPSA) is 64.2 Å². The fraction of sp³-hybridized carbons (Fsp3) is 0.333. The van der Waals surface area contributed by atoms with Gasteiger partial charge in [-0.05, 0) is 31.4 Å². The van der Waals surface area contributed by atoms with Gasteiger partial charge < -0.3 is 5.11 Å². The average molecular weight is 272 g/mol. The van der Waals surface area contributed by atoms with Crippen LogP contribution in [-0.4, -0.2) is 20.2 Å². The lowest BCUT2D eigenvalue weighted by Crippen LogP contribution is -2.29. The third-order valence-electron chi connectivity index (χ3n) is 3.77. The molecule has 20 heavy (non-hydrogen) atoms. The van der Waals surface area contributed by atoms with Gasteiger partial charge in [-0.3, -0.25) is 13.9 Å². The molecule has 104 valence electrons. The number of aliphatic carboxylic acids is 1. The Hall–Kier alpha value is -2.30. The van der Waals surface area contributed by atoms with E-state index in [0.717, 1.165) is 24.8 Å². The molecule has 1 aliphatic rings. The van der Waals surface area contributed by atoms with E-state index in [4.69, 9.17) is 5.11 Å². The first kappa shape index (κ1) is 12.7. The fourth-order valence-electron chi connectivity index (χ4n) is 2.89. The van der Waals surface area contributed by atoms with Gasteiger partial charge in [0, 0.05) is 6.04 Å². The summed E-state index contributed by atoms with van der Waals surface area (Å²) in [7, 11) is 0. The molecule has 0 spiro atoms. The molecular weight excluding hydrogens is 256 g/mol. The number of imidazole rings is 1. The fourth-order valence-corrected chi connectivity index (χ4v) is 2.89. The molecular formula is C15H16N2O3. The molecule has 1 unspecified atom stereocenters. The maximum Gasteiger partial charge on any atom is 0.329 e. The van der Waals surface area contributed by atoms with E-state index in [2.05, 4.69) is 12.2 Å². The second-order valence-electron chi connectivity index (χ2n) is 5.06. The molecule has 0 radical (unpaired) electrons. The molecule has 1 aliphatic carbocycles. The highest BCUT2D eigenvalue weighted by Gasteiger charge is 2.21. The van der Waals surface area contributed by atoms with Gasteiger partial charge in [-0.1, -0.05) is 24.3 Å². The van der Waals surface area contributed by atoms with Crippen LogP contribution in [0.3, 0.4) is 0 Å². The molecule has 1 heterocycles. The first-order chi connectivity index (χ1) is 9.68. The van der Waals surface area contributed by atoms with Gasteiger partial charge >= 0.3 is 11.7 Å². The van der Waals surface area contributed by atoms with E-state index in [0.29, 0.717) is 5.52 Å². The van der Waals surface area contributed by atoms with E-state index in [9.17, 15) is 9.59 Å². The molecule has 1 aromatic heterocycles. The summed E-state index contributed by atoms with van der Waals surface area (Å²) < 4.78 is 3.10. The number of carboxylic acid groups (broad SMARTS) is 1. The van der Waals surface area contributed by atoms with E-state index in [1.165, 1.54) is 4.57 Å². The number of aromatic nitrogens is 2. The number of carbonyl (C=O) groups is 1. The van der Waals surface area contributed by atoms with Gasteiger partial charge in [0.05, 0.1) is 11.0 Å². The molecule has 0 amide bonds. The molecule has 0 bridgehead atoms. The summed E-state index contributed by atoms with van der Waals surface area (Å²) in [6.45, 7) is -0.297. The molecule has 1 atom stereocenters. The van der Waals surface area contributed by atoms with Crippen molar-refractivity contribution in [3.05, 3.63) is 46.9 Å². The van der Waals surface area contributed by atoms with Crippen molar-refractivity contribution in [2.75, 3.05) is 0 Å². The third-order valence-corrected chi connectivity index (χ3v) is 3.77. The molecule has 1 aromatic carbocycles. The quantitative estimate of drug-likeness (QED) is 0.871. The van der Waals surface area contributed by atoms with Crippen LogP contribution in [-0.2, 0) is 11.3 Å². The summed E-state index contributed by atoms with van der Waals surface area (Å²) in [5.74, 6) is -1.00. The highest BCUT2D eigenvalue weighted by atomic mass is 16.4. The number of allylic oxidation sites excluding steroid dienone is 2.